The van der Waals surface area contributed by atoms with Gasteiger partial charge in [-0.3, -0.25) is 4.79 Å². The van der Waals surface area contributed by atoms with Crippen LogP contribution in [0.3, 0.4) is 0 Å². The van der Waals surface area contributed by atoms with Crippen LogP contribution in [0, 0.1) is 5.53 Å². The van der Waals surface area contributed by atoms with E-state index in [0.29, 0.717) is 24.6 Å². The van der Waals surface area contributed by atoms with Gasteiger partial charge in [0, 0.05) is 24.3 Å². The zero-order chi connectivity index (χ0) is 27.8. The van der Waals surface area contributed by atoms with Gasteiger partial charge in [-0.2, -0.15) is 4.99 Å². The molecule has 0 heterocycles. The van der Waals surface area contributed by atoms with Gasteiger partial charge < -0.3 is 15.4 Å². The quantitative estimate of drug-likeness (QED) is 0.178. The van der Waals surface area contributed by atoms with Crippen molar-refractivity contribution in [3.8, 4) is 5.75 Å². The maximum absolute atomic E-state index is 12.6. The van der Waals surface area contributed by atoms with E-state index in [1.807, 2.05) is 0 Å². The van der Waals surface area contributed by atoms with E-state index in [0.717, 1.165) is 16.8 Å². The molecular formula is C29H30F3N5O2. The van der Waals surface area contributed by atoms with Gasteiger partial charge in [0.25, 0.3) is 5.91 Å². The van der Waals surface area contributed by atoms with Gasteiger partial charge >= 0.3 is 6.36 Å². The molecule has 0 saturated heterocycles. The van der Waals surface area contributed by atoms with Crippen LogP contribution in [0.2, 0.25) is 0 Å². The second kappa shape index (κ2) is 12.6. The van der Waals surface area contributed by atoms with Gasteiger partial charge in [0.1, 0.15) is 5.75 Å². The van der Waals surface area contributed by atoms with E-state index >= 15 is 0 Å². The van der Waals surface area contributed by atoms with Crippen LogP contribution in [-0.4, -0.2) is 18.2 Å². The van der Waals surface area contributed by atoms with Crippen molar-refractivity contribution in [3.63, 3.8) is 0 Å². The summed E-state index contributed by atoms with van der Waals surface area (Å²) < 4.78 is 41.7. The van der Waals surface area contributed by atoms with E-state index < -0.39 is 18.2 Å². The molecule has 7 nitrogen and oxygen atoms in total. The number of nitrogens with two attached hydrogens (primary N) is 1. The maximum atomic E-state index is 12.6. The van der Waals surface area contributed by atoms with Crippen molar-refractivity contribution in [2.24, 2.45) is 15.8 Å². The van der Waals surface area contributed by atoms with E-state index in [4.69, 9.17) is 11.3 Å². The van der Waals surface area contributed by atoms with Crippen LogP contribution in [0.15, 0.2) is 82.9 Å². The first-order valence-electron chi connectivity index (χ1n) is 12.7. The van der Waals surface area contributed by atoms with Gasteiger partial charge in [-0.25, -0.2) is 5.53 Å². The molecule has 1 aliphatic carbocycles. The average molecular weight is 538 g/mol. The van der Waals surface area contributed by atoms with Gasteiger partial charge in [-0.15, -0.1) is 18.3 Å². The number of guanidine groups is 1. The Labute approximate surface area is 225 Å². The molecule has 1 amide bonds. The Kier molecular flexibility index (Phi) is 8.96. The zero-order valence-electron chi connectivity index (χ0n) is 21.3. The molecule has 3 aromatic carbocycles. The Bertz CT molecular complexity index is 1280. The lowest BCUT2D eigenvalue weighted by atomic mass is 9.84. The molecule has 0 unspecified atom stereocenters. The summed E-state index contributed by atoms with van der Waals surface area (Å²) in [6.45, 7) is 0.938. The number of aliphatic imine (C=N–C) groups is 1. The van der Waals surface area contributed by atoms with Gasteiger partial charge in [0.05, 0.1) is 0 Å². The predicted octanol–water partition coefficient (Wildman–Crippen LogP) is 7.33. The van der Waals surface area contributed by atoms with Gasteiger partial charge in [0.2, 0.25) is 5.96 Å². The van der Waals surface area contributed by atoms with E-state index in [1.165, 1.54) is 49.8 Å². The number of carbonyl (C=O) groups excluding carboxylic acids is 1. The Morgan fingerprint density at radius 3 is 2.00 bits per heavy atom. The molecular weight excluding hydrogens is 507 g/mol. The average Bonchev–Trinajstić information content (AvgIpc) is 2.94. The summed E-state index contributed by atoms with van der Waals surface area (Å²) in [5.41, 5.74) is 16.5. The number of halogens is 3. The number of hydrogen-bond acceptors (Lipinski definition) is 4. The lowest BCUT2D eigenvalue weighted by molar-refractivity contribution is -0.274. The summed E-state index contributed by atoms with van der Waals surface area (Å²) in [5, 5.41) is 2.93. The monoisotopic (exact) mass is 537 g/mol. The Morgan fingerprint density at radius 2 is 1.46 bits per heavy atom. The molecule has 1 aliphatic rings. The van der Waals surface area contributed by atoms with Crippen LogP contribution in [0.5, 0.6) is 5.75 Å². The molecule has 0 radical (unpaired) electrons. The topological polar surface area (TPSA) is 104 Å². The summed E-state index contributed by atoms with van der Waals surface area (Å²) in [5.74, 6) is -0.701. The third-order valence-electron chi connectivity index (χ3n) is 6.77. The Balaban J connectivity index is 1.54. The summed E-state index contributed by atoms with van der Waals surface area (Å²) in [4.78, 5) is 17.9. The molecule has 3 aromatic rings. The Morgan fingerprint density at radius 1 is 0.897 bits per heavy atom. The summed E-state index contributed by atoms with van der Waals surface area (Å²) in [7, 11) is 0. The SMILES string of the molecule is N=NC(N)=NC(=O)c1ccc(CN(Cc2ccc(OC(F)(F)F)cc2)c2ccc(C3CCCCC3)cc2)cc1. The summed E-state index contributed by atoms with van der Waals surface area (Å²) >= 11 is 0. The van der Waals surface area contributed by atoms with Crippen molar-refractivity contribution in [2.45, 2.75) is 57.5 Å². The molecule has 0 aromatic heterocycles. The fourth-order valence-electron chi connectivity index (χ4n) is 4.82. The number of nitrogens with one attached hydrogen (secondary N) is 1. The highest BCUT2D eigenvalue weighted by molar-refractivity contribution is 6.02. The number of benzene rings is 3. The van der Waals surface area contributed by atoms with E-state index in [9.17, 15) is 18.0 Å². The second-order valence-electron chi connectivity index (χ2n) is 9.56. The van der Waals surface area contributed by atoms with Crippen molar-refractivity contribution in [2.75, 3.05) is 4.90 Å². The minimum Gasteiger partial charge on any atom is -0.406 e. The van der Waals surface area contributed by atoms with Gasteiger partial charge in [-0.05, 0) is 71.8 Å². The molecule has 0 bridgehead atoms. The van der Waals surface area contributed by atoms with Crippen LogP contribution in [0.4, 0.5) is 18.9 Å². The largest absolute Gasteiger partial charge is 0.573 e. The summed E-state index contributed by atoms with van der Waals surface area (Å²) in [6.07, 6.45) is 1.45. The van der Waals surface area contributed by atoms with E-state index in [1.54, 1.807) is 36.4 Å². The van der Waals surface area contributed by atoms with Crippen molar-refractivity contribution < 1.29 is 22.7 Å². The first-order valence-corrected chi connectivity index (χ1v) is 12.7. The van der Waals surface area contributed by atoms with Gasteiger partial charge in [-0.1, -0.05) is 55.7 Å². The number of nitrogens with zero attached hydrogens (tertiary/aromatic N) is 3. The first kappa shape index (κ1) is 27.8. The number of anilines is 1. The lowest BCUT2D eigenvalue weighted by Gasteiger charge is -2.27. The second-order valence-corrected chi connectivity index (χ2v) is 9.56. The molecule has 0 spiro atoms. The van der Waals surface area contributed by atoms with Crippen LogP contribution >= 0.6 is 0 Å². The smallest absolute Gasteiger partial charge is 0.406 e. The highest BCUT2D eigenvalue weighted by atomic mass is 19.4. The van der Waals surface area contributed by atoms with Crippen molar-refractivity contribution >= 4 is 17.6 Å². The zero-order valence-corrected chi connectivity index (χ0v) is 21.3. The molecule has 39 heavy (non-hydrogen) atoms. The van der Waals surface area contributed by atoms with Crippen LogP contribution < -0.4 is 15.4 Å². The molecule has 0 aliphatic heterocycles. The van der Waals surface area contributed by atoms with E-state index in [-0.39, 0.29) is 5.75 Å². The normalized spacial score (nSPS) is 14.6. The molecule has 0 atom stereocenters. The number of amides is 1. The molecule has 3 N–H and O–H groups in total. The highest BCUT2D eigenvalue weighted by Crippen LogP contribution is 2.34. The molecule has 10 heteroatoms. The number of hydrogen-bond donors (Lipinski definition) is 2. The lowest BCUT2D eigenvalue weighted by Crippen LogP contribution is -2.22. The van der Waals surface area contributed by atoms with Crippen LogP contribution in [0.25, 0.3) is 0 Å². The number of rotatable bonds is 8. The molecule has 1 saturated carbocycles. The standard InChI is InChI=1S/C29H30F3N5O2/c30-29(31,32)39-26-16-8-21(9-17-26)19-37(25-14-12-23(13-15-25)22-4-2-1-3-5-22)18-20-6-10-24(11-7-20)27(38)35-28(33)36-34/h6-17,22,34H,1-5,18-19H2,(H2,33,35,38). The molecule has 4 rings (SSSR count). The van der Waals surface area contributed by atoms with Crippen LogP contribution in [-0.2, 0) is 13.1 Å². The molecule has 204 valence electrons. The Hall–Kier alpha value is -4.21. The minimum absolute atomic E-state index is 0.267. The van der Waals surface area contributed by atoms with Crippen molar-refractivity contribution in [1.29, 1.82) is 5.53 Å². The molecule has 1 fully saturated rings. The summed E-state index contributed by atoms with van der Waals surface area (Å²) in [6, 6.07) is 21.2. The van der Waals surface area contributed by atoms with Gasteiger partial charge in [0.15, 0.2) is 0 Å². The predicted molar refractivity (Wildman–Crippen MR) is 143 cm³/mol. The number of carbonyl (C=O) groups is 1. The van der Waals surface area contributed by atoms with Crippen LogP contribution in [0.1, 0.15) is 65.1 Å². The maximum Gasteiger partial charge on any atom is 0.573 e. The third kappa shape index (κ3) is 8.13. The number of alkyl halides is 3. The van der Waals surface area contributed by atoms with Crippen molar-refractivity contribution in [3.05, 3.63) is 95.1 Å². The fourth-order valence-corrected chi connectivity index (χ4v) is 4.82. The highest BCUT2D eigenvalue weighted by Gasteiger charge is 2.31. The minimum atomic E-state index is -4.74. The first-order chi connectivity index (χ1) is 18.7. The fraction of sp³-hybridized carbons (Fsp3) is 0.310. The van der Waals surface area contributed by atoms with E-state index in [2.05, 4.69) is 44.0 Å². The number of ether oxygens (including phenoxy) is 1. The van der Waals surface area contributed by atoms with Crippen molar-refractivity contribution in [1.82, 2.24) is 0 Å². The third-order valence-corrected chi connectivity index (χ3v) is 6.77.